The molecule has 0 saturated carbocycles. The summed E-state index contributed by atoms with van der Waals surface area (Å²) in [5.41, 5.74) is 2.78. The van der Waals surface area contributed by atoms with Gasteiger partial charge in [0, 0.05) is 36.5 Å². The quantitative estimate of drug-likeness (QED) is 0.699. The van der Waals surface area contributed by atoms with Crippen LogP contribution in [0, 0.1) is 0 Å². The summed E-state index contributed by atoms with van der Waals surface area (Å²) in [7, 11) is -1.89. The highest BCUT2D eigenvalue weighted by molar-refractivity contribution is 7.89. The van der Waals surface area contributed by atoms with E-state index in [1.165, 1.54) is 12.1 Å². The maximum Gasteiger partial charge on any atom is 0.238 e. The smallest absolute Gasteiger partial charge is 0.238 e. The first kappa shape index (κ1) is 18.1. The first-order chi connectivity index (χ1) is 13.3. The normalized spacial score (nSPS) is 13.5. The van der Waals surface area contributed by atoms with Gasteiger partial charge < -0.3 is 10.2 Å². The number of Topliss-reactive ketones (excluding diaryl/α,β-unsaturated/α-hetero) is 1. The van der Waals surface area contributed by atoms with E-state index in [9.17, 15) is 13.2 Å². The lowest BCUT2D eigenvalue weighted by molar-refractivity contribution is 0.0994. The van der Waals surface area contributed by atoms with E-state index in [0.717, 1.165) is 11.3 Å². The van der Waals surface area contributed by atoms with Crippen molar-refractivity contribution in [3.63, 3.8) is 0 Å². The summed E-state index contributed by atoms with van der Waals surface area (Å²) in [5.74, 6) is 0.988. The molecule has 2 aromatic carbocycles. The monoisotopic (exact) mass is 395 g/mol. The van der Waals surface area contributed by atoms with Gasteiger partial charge in [0.2, 0.25) is 16.0 Å². The molecule has 4 rings (SSSR count). The summed E-state index contributed by atoms with van der Waals surface area (Å²) in [4.78, 5) is 23.3. The van der Waals surface area contributed by atoms with Gasteiger partial charge in [-0.15, -0.1) is 0 Å². The summed E-state index contributed by atoms with van der Waals surface area (Å²) in [6.07, 6.45) is 1.85. The van der Waals surface area contributed by atoms with Crippen molar-refractivity contribution in [2.45, 2.75) is 11.3 Å². The van der Waals surface area contributed by atoms with Crippen molar-refractivity contribution in [2.75, 3.05) is 17.3 Å². The van der Waals surface area contributed by atoms with Gasteiger partial charge in [0.05, 0.1) is 10.6 Å². The van der Waals surface area contributed by atoms with Crippen molar-refractivity contribution in [2.24, 2.45) is 5.14 Å². The van der Waals surface area contributed by atoms with Crippen molar-refractivity contribution < 1.29 is 13.2 Å². The molecular formula is C19H17N5O3S. The summed E-state index contributed by atoms with van der Waals surface area (Å²) < 4.78 is 22.7. The second-order valence-corrected chi connectivity index (χ2v) is 7.97. The number of hydrogen-bond donors (Lipinski definition) is 2. The number of hydrogen-bond acceptors (Lipinski definition) is 7. The van der Waals surface area contributed by atoms with E-state index in [1.807, 2.05) is 30.1 Å². The van der Waals surface area contributed by atoms with Crippen LogP contribution in [0.2, 0.25) is 0 Å². The Bertz CT molecular complexity index is 1180. The van der Waals surface area contributed by atoms with Crippen molar-refractivity contribution in [1.29, 1.82) is 0 Å². The van der Waals surface area contributed by atoms with Gasteiger partial charge in [-0.2, -0.15) is 4.98 Å². The van der Waals surface area contributed by atoms with E-state index in [2.05, 4.69) is 15.3 Å². The third-order valence-electron chi connectivity index (χ3n) is 4.52. The highest BCUT2D eigenvalue weighted by atomic mass is 32.2. The van der Waals surface area contributed by atoms with Gasteiger partial charge in [0.25, 0.3) is 0 Å². The van der Waals surface area contributed by atoms with E-state index < -0.39 is 10.0 Å². The number of anilines is 4. The minimum absolute atomic E-state index is 0.0177. The van der Waals surface area contributed by atoms with Crippen LogP contribution >= 0.6 is 0 Å². The molecule has 0 radical (unpaired) electrons. The number of carbonyl (C=O) groups is 1. The first-order valence-electron chi connectivity index (χ1n) is 8.45. The predicted octanol–water partition coefficient (Wildman–Crippen LogP) is 2.37. The Labute approximate surface area is 162 Å². The van der Waals surface area contributed by atoms with Crippen molar-refractivity contribution in [3.8, 4) is 0 Å². The molecule has 2 heterocycles. The van der Waals surface area contributed by atoms with Crippen LogP contribution in [0.4, 0.5) is 23.1 Å². The maximum atomic E-state index is 12.5. The van der Waals surface area contributed by atoms with E-state index in [-0.39, 0.29) is 17.1 Å². The topological polar surface area (TPSA) is 118 Å². The lowest BCUT2D eigenvalue weighted by Gasteiger charge is -2.20. The molecule has 3 N–H and O–H groups in total. The molecule has 0 spiro atoms. The number of rotatable bonds is 3. The number of nitrogens with zero attached hydrogens (tertiary/aromatic N) is 3. The molecule has 0 amide bonds. The zero-order chi connectivity index (χ0) is 19.9. The van der Waals surface area contributed by atoms with Gasteiger partial charge in [-0.1, -0.05) is 12.1 Å². The molecule has 0 atom stereocenters. The number of sulfonamides is 1. The van der Waals surface area contributed by atoms with Crippen LogP contribution in [0.15, 0.2) is 59.6 Å². The lowest BCUT2D eigenvalue weighted by atomic mass is 10.1. The van der Waals surface area contributed by atoms with Crippen LogP contribution in [0.25, 0.3) is 0 Å². The SMILES string of the molecule is CN1c2ccccc2C(=O)Cc2cnc(Nc3ccc(S(N)(=O)=O)cc3)nc21. The molecule has 0 saturated heterocycles. The second-order valence-electron chi connectivity index (χ2n) is 6.41. The van der Waals surface area contributed by atoms with Gasteiger partial charge in [-0.05, 0) is 36.4 Å². The number of aromatic nitrogens is 2. The molecule has 142 valence electrons. The Morgan fingerprint density at radius 2 is 1.82 bits per heavy atom. The maximum absolute atomic E-state index is 12.5. The van der Waals surface area contributed by atoms with Gasteiger partial charge in [0.15, 0.2) is 5.78 Å². The number of ketones is 1. The van der Waals surface area contributed by atoms with Crippen LogP contribution < -0.4 is 15.4 Å². The van der Waals surface area contributed by atoms with Crippen LogP contribution in [0.5, 0.6) is 0 Å². The minimum Gasteiger partial charge on any atom is -0.328 e. The number of nitrogens with two attached hydrogens (primary N) is 1. The molecule has 0 fully saturated rings. The van der Waals surface area contributed by atoms with Crippen molar-refractivity contribution in [1.82, 2.24) is 9.97 Å². The Balaban J connectivity index is 1.67. The third-order valence-corrected chi connectivity index (χ3v) is 5.44. The number of fused-ring (bicyclic) bond motifs is 2. The Hall–Kier alpha value is -3.30. The molecule has 8 nitrogen and oxygen atoms in total. The number of nitrogens with one attached hydrogen (secondary N) is 1. The number of benzene rings is 2. The fourth-order valence-electron chi connectivity index (χ4n) is 3.11. The van der Waals surface area contributed by atoms with E-state index >= 15 is 0 Å². The molecular weight excluding hydrogens is 378 g/mol. The zero-order valence-corrected chi connectivity index (χ0v) is 15.8. The largest absolute Gasteiger partial charge is 0.328 e. The second kappa shape index (κ2) is 6.70. The summed E-state index contributed by atoms with van der Waals surface area (Å²) >= 11 is 0. The Kier molecular flexibility index (Phi) is 4.33. The molecule has 9 heteroatoms. The summed E-state index contributed by atoms with van der Waals surface area (Å²) in [5, 5.41) is 8.15. The standard InChI is InChI=1S/C19H17N5O3S/c1-24-16-5-3-2-4-15(16)17(25)10-12-11-21-19(23-18(12)24)22-13-6-8-14(9-7-13)28(20,26)27/h2-9,11H,10H2,1H3,(H2,20,26,27)(H,21,22,23). The summed E-state index contributed by atoms with van der Waals surface area (Å²) in [6.45, 7) is 0. The van der Waals surface area contributed by atoms with Crippen LogP contribution in [-0.4, -0.2) is 31.2 Å². The van der Waals surface area contributed by atoms with Crippen molar-refractivity contribution >= 4 is 38.9 Å². The van der Waals surface area contributed by atoms with Crippen LogP contribution in [0.1, 0.15) is 15.9 Å². The fourth-order valence-corrected chi connectivity index (χ4v) is 3.63. The molecule has 0 unspecified atom stereocenters. The minimum atomic E-state index is -3.75. The van der Waals surface area contributed by atoms with E-state index in [1.54, 1.807) is 24.4 Å². The van der Waals surface area contributed by atoms with Crippen LogP contribution in [-0.2, 0) is 16.4 Å². The molecule has 1 aromatic heterocycles. The number of para-hydroxylation sites is 1. The van der Waals surface area contributed by atoms with Gasteiger partial charge >= 0.3 is 0 Å². The summed E-state index contributed by atoms with van der Waals surface area (Å²) in [6, 6.07) is 13.4. The molecule has 28 heavy (non-hydrogen) atoms. The number of primary sulfonamides is 1. The molecule has 0 bridgehead atoms. The lowest BCUT2D eigenvalue weighted by Crippen LogP contribution is -2.14. The Morgan fingerprint density at radius 3 is 2.54 bits per heavy atom. The number of carbonyl (C=O) groups excluding carboxylic acids is 1. The first-order valence-corrected chi connectivity index (χ1v) is 9.99. The van der Waals surface area contributed by atoms with E-state index in [0.29, 0.717) is 23.0 Å². The predicted molar refractivity (Wildman–Crippen MR) is 106 cm³/mol. The van der Waals surface area contributed by atoms with Gasteiger partial charge in [-0.25, -0.2) is 18.5 Å². The molecule has 3 aromatic rings. The average Bonchev–Trinajstić information content (AvgIpc) is 2.77. The molecule has 0 aliphatic carbocycles. The van der Waals surface area contributed by atoms with Crippen molar-refractivity contribution in [3.05, 3.63) is 65.9 Å². The highest BCUT2D eigenvalue weighted by Crippen LogP contribution is 2.33. The molecule has 1 aliphatic rings. The molecule has 1 aliphatic heterocycles. The highest BCUT2D eigenvalue weighted by Gasteiger charge is 2.24. The average molecular weight is 395 g/mol. The van der Waals surface area contributed by atoms with Crippen LogP contribution in [0.3, 0.4) is 0 Å². The van der Waals surface area contributed by atoms with E-state index in [4.69, 9.17) is 5.14 Å². The zero-order valence-electron chi connectivity index (χ0n) is 15.0. The third kappa shape index (κ3) is 3.32. The van der Waals surface area contributed by atoms with Gasteiger partial charge in [-0.3, -0.25) is 4.79 Å². The van der Waals surface area contributed by atoms with Gasteiger partial charge in [0.1, 0.15) is 5.82 Å². The Morgan fingerprint density at radius 1 is 1.11 bits per heavy atom. The fraction of sp³-hybridized carbons (Fsp3) is 0.105.